The molecule has 0 radical (unpaired) electrons. The molecule has 5 nitrogen and oxygen atoms in total. The molecule has 0 spiro atoms. The molecule has 19 heavy (non-hydrogen) atoms. The van der Waals surface area contributed by atoms with E-state index >= 15 is 0 Å². The highest BCUT2D eigenvalue weighted by molar-refractivity contribution is 7.12. The molecule has 6 heteroatoms. The minimum Gasteiger partial charge on any atom is -0.393 e. The summed E-state index contributed by atoms with van der Waals surface area (Å²) < 4.78 is 0. The summed E-state index contributed by atoms with van der Waals surface area (Å²) in [5.74, 6) is -0.327. The Morgan fingerprint density at radius 2 is 2.26 bits per heavy atom. The fourth-order valence-electron chi connectivity index (χ4n) is 1.56. The second-order valence-corrected chi connectivity index (χ2v) is 5.43. The van der Waals surface area contributed by atoms with Crippen molar-refractivity contribution in [3.8, 4) is 0 Å². The van der Waals surface area contributed by atoms with Gasteiger partial charge in [-0.05, 0) is 31.2 Å². The average Bonchev–Trinajstić information content (AvgIpc) is 2.87. The van der Waals surface area contributed by atoms with Crippen LogP contribution in [0.25, 0.3) is 0 Å². The SMILES string of the molecule is CC(O)CCCNC(=O)CN(C)C(=O)c1cccs1. The number of hydrogen-bond donors (Lipinski definition) is 2. The Bertz CT molecular complexity index is 404. The molecule has 1 rings (SSSR count). The molecule has 0 aliphatic carbocycles. The molecule has 0 saturated heterocycles. The third-order valence-electron chi connectivity index (χ3n) is 2.58. The molecule has 2 amide bonds. The molecule has 1 atom stereocenters. The van der Waals surface area contributed by atoms with Crippen molar-refractivity contribution in [2.45, 2.75) is 25.9 Å². The number of amides is 2. The predicted octanol–water partition coefficient (Wildman–Crippen LogP) is 1.10. The number of rotatable bonds is 7. The number of hydrogen-bond acceptors (Lipinski definition) is 4. The van der Waals surface area contributed by atoms with E-state index in [2.05, 4.69) is 5.32 Å². The Hall–Kier alpha value is -1.40. The third kappa shape index (κ3) is 5.85. The van der Waals surface area contributed by atoms with Gasteiger partial charge >= 0.3 is 0 Å². The van der Waals surface area contributed by atoms with E-state index < -0.39 is 0 Å². The minimum atomic E-state index is -0.347. The zero-order valence-electron chi connectivity index (χ0n) is 11.3. The summed E-state index contributed by atoms with van der Waals surface area (Å²) in [5, 5.41) is 13.6. The summed E-state index contributed by atoms with van der Waals surface area (Å²) in [6.45, 7) is 2.28. The highest BCUT2D eigenvalue weighted by Crippen LogP contribution is 2.10. The van der Waals surface area contributed by atoms with E-state index in [1.165, 1.54) is 16.2 Å². The largest absolute Gasteiger partial charge is 0.393 e. The van der Waals surface area contributed by atoms with E-state index in [1.54, 1.807) is 20.0 Å². The lowest BCUT2D eigenvalue weighted by Gasteiger charge is -2.16. The van der Waals surface area contributed by atoms with Crippen molar-refractivity contribution in [3.63, 3.8) is 0 Å². The number of nitrogens with one attached hydrogen (secondary N) is 1. The maximum Gasteiger partial charge on any atom is 0.264 e. The maximum atomic E-state index is 11.9. The van der Waals surface area contributed by atoms with E-state index in [-0.39, 0.29) is 24.5 Å². The predicted molar refractivity (Wildman–Crippen MR) is 75.2 cm³/mol. The molecule has 0 bridgehead atoms. The Morgan fingerprint density at radius 3 is 2.84 bits per heavy atom. The van der Waals surface area contributed by atoms with Crippen molar-refractivity contribution < 1.29 is 14.7 Å². The Kier molecular flexibility index (Phi) is 6.52. The second-order valence-electron chi connectivity index (χ2n) is 4.48. The molecule has 0 saturated carbocycles. The van der Waals surface area contributed by atoms with Crippen molar-refractivity contribution in [1.29, 1.82) is 0 Å². The number of aliphatic hydroxyl groups excluding tert-OH is 1. The number of thiophene rings is 1. The zero-order chi connectivity index (χ0) is 14.3. The topological polar surface area (TPSA) is 69.6 Å². The van der Waals surface area contributed by atoms with Gasteiger partial charge in [0.2, 0.25) is 5.91 Å². The van der Waals surface area contributed by atoms with Gasteiger partial charge in [-0.3, -0.25) is 9.59 Å². The lowest BCUT2D eigenvalue weighted by atomic mass is 10.2. The van der Waals surface area contributed by atoms with E-state index in [1.807, 2.05) is 11.4 Å². The van der Waals surface area contributed by atoms with Crippen molar-refractivity contribution in [2.24, 2.45) is 0 Å². The van der Waals surface area contributed by atoms with Crippen LogP contribution in [0.5, 0.6) is 0 Å². The van der Waals surface area contributed by atoms with Crippen LogP contribution in [0.4, 0.5) is 0 Å². The smallest absolute Gasteiger partial charge is 0.264 e. The molecule has 106 valence electrons. The van der Waals surface area contributed by atoms with Crippen molar-refractivity contribution in [3.05, 3.63) is 22.4 Å². The van der Waals surface area contributed by atoms with Crippen LogP contribution in [0.15, 0.2) is 17.5 Å². The molecule has 0 aliphatic rings. The monoisotopic (exact) mass is 284 g/mol. The molecule has 1 aromatic heterocycles. The Morgan fingerprint density at radius 1 is 1.53 bits per heavy atom. The summed E-state index contributed by atoms with van der Waals surface area (Å²) in [7, 11) is 1.61. The quantitative estimate of drug-likeness (QED) is 0.737. The van der Waals surface area contributed by atoms with E-state index in [9.17, 15) is 9.59 Å². The summed E-state index contributed by atoms with van der Waals surface area (Å²) in [6, 6.07) is 3.55. The van der Waals surface area contributed by atoms with Crippen molar-refractivity contribution in [1.82, 2.24) is 10.2 Å². The molecule has 2 N–H and O–H groups in total. The average molecular weight is 284 g/mol. The zero-order valence-corrected chi connectivity index (χ0v) is 12.1. The van der Waals surface area contributed by atoms with Crippen molar-refractivity contribution >= 4 is 23.2 Å². The Labute approximate surface area is 117 Å². The first-order chi connectivity index (χ1) is 9.00. The van der Waals surface area contributed by atoms with Gasteiger partial charge in [-0.25, -0.2) is 0 Å². The van der Waals surface area contributed by atoms with Gasteiger partial charge in [0.25, 0.3) is 5.91 Å². The summed E-state index contributed by atoms with van der Waals surface area (Å²) >= 11 is 1.36. The molecule has 1 aromatic rings. The molecule has 1 heterocycles. The van der Waals surface area contributed by atoms with Crippen LogP contribution < -0.4 is 5.32 Å². The van der Waals surface area contributed by atoms with Crippen LogP contribution in [-0.4, -0.2) is 48.1 Å². The summed E-state index contributed by atoms with van der Waals surface area (Å²) in [5.41, 5.74) is 0. The molecule has 1 unspecified atom stereocenters. The lowest BCUT2D eigenvalue weighted by molar-refractivity contribution is -0.121. The standard InChI is InChI=1S/C13H20N2O3S/c1-10(16)5-3-7-14-12(17)9-15(2)13(18)11-6-4-8-19-11/h4,6,8,10,16H,3,5,7,9H2,1-2H3,(H,14,17). The number of aliphatic hydroxyl groups is 1. The van der Waals surface area contributed by atoms with Gasteiger partial charge in [0.15, 0.2) is 0 Å². The minimum absolute atomic E-state index is 0.0470. The first-order valence-electron chi connectivity index (χ1n) is 6.24. The number of carbonyl (C=O) groups excluding carboxylic acids is 2. The van der Waals surface area contributed by atoms with Gasteiger partial charge in [-0.15, -0.1) is 11.3 Å². The van der Waals surface area contributed by atoms with Gasteiger partial charge in [0.1, 0.15) is 0 Å². The van der Waals surface area contributed by atoms with Gasteiger partial charge in [-0.1, -0.05) is 6.07 Å². The maximum absolute atomic E-state index is 11.9. The highest BCUT2D eigenvalue weighted by Gasteiger charge is 2.15. The third-order valence-corrected chi connectivity index (χ3v) is 3.44. The summed E-state index contributed by atoms with van der Waals surface area (Å²) in [4.78, 5) is 25.5. The number of nitrogens with zero attached hydrogens (tertiary/aromatic N) is 1. The van der Waals surface area contributed by atoms with E-state index in [0.29, 0.717) is 17.8 Å². The van der Waals surface area contributed by atoms with E-state index in [0.717, 1.165) is 6.42 Å². The highest BCUT2D eigenvalue weighted by atomic mass is 32.1. The van der Waals surface area contributed by atoms with E-state index in [4.69, 9.17) is 5.11 Å². The molecule has 0 fully saturated rings. The van der Waals surface area contributed by atoms with Gasteiger partial charge in [-0.2, -0.15) is 0 Å². The molecule has 0 aromatic carbocycles. The molecule has 0 aliphatic heterocycles. The Balaban J connectivity index is 2.26. The van der Waals surface area contributed by atoms with Gasteiger partial charge in [0, 0.05) is 13.6 Å². The van der Waals surface area contributed by atoms with Gasteiger partial charge < -0.3 is 15.3 Å². The number of carbonyl (C=O) groups is 2. The fraction of sp³-hybridized carbons (Fsp3) is 0.538. The number of likely N-dealkylation sites (N-methyl/N-ethyl adjacent to an activating group) is 1. The molecular formula is C13H20N2O3S. The lowest BCUT2D eigenvalue weighted by Crippen LogP contribution is -2.38. The molecular weight excluding hydrogens is 264 g/mol. The van der Waals surface area contributed by atoms with Crippen LogP contribution in [0.1, 0.15) is 29.4 Å². The normalized spacial score (nSPS) is 11.9. The summed E-state index contributed by atoms with van der Waals surface area (Å²) in [6.07, 6.45) is 1.04. The fourth-order valence-corrected chi connectivity index (χ4v) is 2.27. The van der Waals surface area contributed by atoms with Crippen LogP contribution in [-0.2, 0) is 4.79 Å². The van der Waals surface area contributed by atoms with Crippen molar-refractivity contribution in [2.75, 3.05) is 20.1 Å². The first kappa shape index (κ1) is 15.7. The van der Waals surface area contributed by atoms with Crippen LogP contribution in [0.3, 0.4) is 0 Å². The first-order valence-corrected chi connectivity index (χ1v) is 7.12. The van der Waals surface area contributed by atoms with Crippen LogP contribution in [0, 0.1) is 0 Å². The van der Waals surface area contributed by atoms with Crippen LogP contribution >= 0.6 is 11.3 Å². The van der Waals surface area contributed by atoms with Crippen LogP contribution in [0.2, 0.25) is 0 Å². The van der Waals surface area contributed by atoms with Gasteiger partial charge in [0.05, 0.1) is 17.5 Å². The second kappa shape index (κ2) is 7.91.